The van der Waals surface area contributed by atoms with Gasteiger partial charge in [-0.25, -0.2) is 4.39 Å². The Morgan fingerprint density at radius 1 is 1.07 bits per heavy atom. The third kappa shape index (κ3) is 4.30. The molecular formula is C23H25FN2O2. The predicted octanol–water partition coefficient (Wildman–Crippen LogP) is 4.51. The number of hydrogen-bond acceptors (Lipinski definition) is 2. The van der Waals surface area contributed by atoms with Gasteiger partial charge in [0.05, 0.1) is 11.1 Å². The summed E-state index contributed by atoms with van der Waals surface area (Å²) in [5, 5.41) is 0.759. The second kappa shape index (κ2) is 8.83. The Hall–Kier alpha value is -2.95. The van der Waals surface area contributed by atoms with Crippen molar-refractivity contribution in [2.75, 3.05) is 6.54 Å². The highest BCUT2D eigenvalue weighted by Gasteiger charge is 2.20. The molecule has 28 heavy (non-hydrogen) atoms. The van der Waals surface area contributed by atoms with Crippen molar-refractivity contribution >= 4 is 16.8 Å². The van der Waals surface area contributed by atoms with Crippen molar-refractivity contribution in [2.45, 2.75) is 32.7 Å². The highest BCUT2D eigenvalue weighted by molar-refractivity contribution is 6.06. The van der Waals surface area contributed by atoms with E-state index in [2.05, 4.69) is 6.92 Å². The summed E-state index contributed by atoms with van der Waals surface area (Å²) in [5.41, 5.74) is 1.79. The molecule has 0 atom stereocenters. The number of carbonyl (C=O) groups is 1. The minimum Gasteiger partial charge on any atom is -0.334 e. The monoisotopic (exact) mass is 380 g/mol. The van der Waals surface area contributed by atoms with Crippen molar-refractivity contribution in [3.05, 3.63) is 81.9 Å². The zero-order valence-electron chi connectivity index (χ0n) is 16.3. The molecule has 1 heterocycles. The van der Waals surface area contributed by atoms with E-state index in [9.17, 15) is 14.0 Å². The Balaban J connectivity index is 1.98. The maximum absolute atomic E-state index is 13.4. The Bertz CT molecular complexity index is 1020. The van der Waals surface area contributed by atoms with Gasteiger partial charge in [-0.3, -0.25) is 9.59 Å². The number of aromatic nitrogens is 1. The van der Waals surface area contributed by atoms with E-state index in [4.69, 9.17) is 0 Å². The van der Waals surface area contributed by atoms with Gasteiger partial charge in [0.15, 0.2) is 0 Å². The molecule has 5 heteroatoms. The van der Waals surface area contributed by atoms with Crippen LogP contribution in [-0.4, -0.2) is 21.9 Å². The van der Waals surface area contributed by atoms with Gasteiger partial charge in [0.2, 0.25) is 0 Å². The van der Waals surface area contributed by atoms with E-state index in [1.165, 1.54) is 18.2 Å². The van der Waals surface area contributed by atoms with Gasteiger partial charge in [0, 0.05) is 31.6 Å². The van der Waals surface area contributed by atoms with E-state index in [-0.39, 0.29) is 17.3 Å². The zero-order chi connectivity index (χ0) is 20.1. The molecule has 2 aromatic carbocycles. The summed E-state index contributed by atoms with van der Waals surface area (Å²) >= 11 is 0. The fourth-order valence-electron chi connectivity index (χ4n) is 3.37. The average molecular weight is 380 g/mol. The van der Waals surface area contributed by atoms with E-state index in [0.717, 1.165) is 35.7 Å². The summed E-state index contributed by atoms with van der Waals surface area (Å²) in [5.74, 6) is -0.473. The standard InChI is InChI=1S/C23H25FN2O2/c1-3-4-7-14-26(16-17-10-12-18(24)13-11-17)23(28)20-15-22(27)25(2)21-9-6-5-8-19(20)21/h5-6,8-13,15H,3-4,7,14,16H2,1-2H3. The van der Waals surface area contributed by atoms with Crippen LogP contribution in [0.4, 0.5) is 4.39 Å². The topological polar surface area (TPSA) is 42.3 Å². The molecule has 1 amide bonds. The minimum atomic E-state index is -0.301. The highest BCUT2D eigenvalue weighted by Crippen LogP contribution is 2.20. The first-order valence-electron chi connectivity index (χ1n) is 9.63. The Labute approximate surface area is 164 Å². The summed E-state index contributed by atoms with van der Waals surface area (Å²) in [4.78, 5) is 27.5. The third-order valence-electron chi connectivity index (χ3n) is 4.99. The first-order valence-corrected chi connectivity index (χ1v) is 9.63. The number of benzene rings is 2. The zero-order valence-corrected chi connectivity index (χ0v) is 16.3. The van der Waals surface area contributed by atoms with Gasteiger partial charge in [-0.15, -0.1) is 0 Å². The predicted molar refractivity (Wildman–Crippen MR) is 110 cm³/mol. The van der Waals surface area contributed by atoms with Crippen molar-refractivity contribution in [1.29, 1.82) is 0 Å². The molecule has 0 saturated carbocycles. The lowest BCUT2D eigenvalue weighted by Crippen LogP contribution is -2.33. The highest BCUT2D eigenvalue weighted by atomic mass is 19.1. The molecule has 0 radical (unpaired) electrons. The molecule has 0 fully saturated rings. The van der Waals surface area contributed by atoms with Gasteiger partial charge in [0.1, 0.15) is 5.82 Å². The van der Waals surface area contributed by atoms with Crippen LogP contribution in [-0.2, 0) is 13.6 Å². The number of hydrogen-bond donors (Lipinski definition) is 0. The number of amides is 1. The number of pyridine rings is 1. The number of aryl methyl sites for hydroxylation is 1. The molecule has 0 aliphatic heterocycles. The lowest BCUT2D eigenvalue weighted by atomic mass is 10.1. The quantitative estimate of drug-likeness (QED) is 0.566. The van der Waals surface area contributed by atoms with Gasteiger partial charge in [-0.1, -0.05) is 50.1 Å². The molecule has 0 aliphatic carbocycles. The summed E-state index contributed by atoms with van der Waals surface area (Å²) < 4.78 is 14.8. The molecule has 0 spiro atoms. The number of halogens is 1. The van der Waals surface area contributed by atoms with Gasteiger partial charge in [0.25, 0.3) is 11.5 Å². The SMILES string of the molecule is CCCCCN(Cc1ccc(F)cc1)C(=O)c1cc(=O)n(C)c2ccccc12. The van der Waals surface area contributed by atoms with Gasteiger partial charge in [-0.05, 0) is 30.2 Å². The van der Waals surface area contributed by atoms with E-state index in [1.54, 1.807) is 28.6 Å². The summed E-state index contributed by atoms with van der Waals surface area (Å²) in [6.07, 6.45) is 2.95. The molecule has 1 aromatic heterocycles. The first kappa shape index (κ1) is 19.8. The smallest absolute Gasteiger partial charge is 0.255 e. The van der Waals surface area contributed by atoms with Crippen LogP contribution in [0.5, 0.6) is 0 Å². The van der Waals surface area contributed by atoms with E-state index < -0.39 is 0 Å². The lowest BCUT2D eigenvalue weighted by molar-refractivity contribution is 0.0742. The minimum absolute atomic E-state index is 0.172. The summed E-state index contributed by atoms with van der Waals surface area (Å²) in [6.45, 7) is 3.08. The van der Waals surface area contributed by atoms with Crippen LogP contribution in [0, 0.1) is 5.82 Å². The van der Waals surface area contributed by atoms with Crippen LogP contribution >= 0.6 is 0 Å². The first-order chi connectivity index (χ1) is 13.5. The number of carbonyl (C=O) groups excluding carboxylic acids is 1. The van der Waals surface area contributed by atoms with Gasteiger partial charge >= 0.3 is 0 Å². The Morgan fingerprint density at radius 2 is 1.79 bits per heavy atom. The molecule has 146 valence electrons. The molecule has 3 aromatic rings. The van der Waals surface area contributed by atoms with Crippen LogP contribution < -0.4 is 5.56 Å². The van der Waals surface area contributed by atoms with Crippen molar-refractivity contribution in [1.82, 2.24) is 9.47 Å². The normalized spacial score (nSPS) is 11.0. The van der Waals surface area contributed by atoms with Crippen LogP contribution in [0.1, 0.15) is 42.1 Å². The number of unbranched alkanes of at least 4 members (excludes halogenated alkanes) is 2. The molecule has 0 saturated heterocycles. The fraction of sp³-hybridized carbons (Fsp3) is 0.304. The van der Waals surface area contributed by atoms with Crippen LogP contribution in [0.3, 0.4) is 0 Å². The molecule has 0 N–H and O–H groups in total. The number of rotatable bonds is 7. The molecule has 0 bridgehead atoms. The maximum atomic E-state index is 13.4. The van der Waals surface area contributed by atoms with E-state index >= 15 is 0 Å². The third-order valence-corrected chi connectivity index (χ3v) is 4.99. The molecule has 3 rings (SSSR count). The van der Waals surface area contributed by atoms with Crippen molar-refractivity contribution < 1.29 is 9.18 Å². The molecule has 4 nitrogen and oxygen atoms in total. The summed E-state index contributed by atoms with van der Waals surface area (Å²) in [7, 11) is 1.70. The average Bonchev–Trinajstić information content (AvgIpc) is 2.71. The number of para-hydroxylation sites is 1. The van der Waals surface area contributed by atoms with Crippen LogP contribution in [0.25, 0.3) is 10.9 Å². The number of fused-ring (bicyclic) bond motifs is 1. The second-order valence-electron chi connectivity index (χ2n) is 7.03. The second-order valence-corrected chi connectivity index (χ2v) is 7.03. The van der Waals surface area contributed by atoms with Crippen molar-refractivity contribution in [2.24, 2.45) is 7.05 Å². The molecular weight excluding hydrogens is 355 g/mol. The van der Waals surface area contributed by atoms with Crippen molar-refractivity contribution in [3.63, 3.8) is 0 Å². The maximum Gasteiger partial charge on any atom is 0.255 e. The molecule has 0 aliphatic rings. The summed E-state index contributed by atoms with van der Waals surface area (Å²) in [6, 6.07) is 15.0. The van der Waals surface area contributed by atoms with Crippen LogP contribution in [0.15, 0.2) is 59.4 Å². The largest absolute Gasteiger partial charge is 0.334 e. The van der Waals surface area contributed by atoms with Crippen molar-refractivity contribution in [3.8, 4) is 0 Å². The molecule has 0 unspecified atom stereocenters. The van der Waals surface area contributed by atoms with Gasteiger partial charge < -0.3 is 9.47 Å². The Morgan fingerprint density at radius 3 is 2.50 bits per heavy atom. The Kier molecular flexibility index (Phi) is 6.24. The van der Waals surface area contributed by atoms with Gasteiger partial charge in [-0.2, -0.15) is 0 Å². The lowest BCUT2D eigenvalue weighted by Gasteiger charge is -2.24. The fourth-order valence-corrected chi connectivity index (χ4v) is 3.37. The van der Waals surface area contributed by atoms with Crippen LogP contribution in [0.2, 0.25) is 0 Å². The van der Waals surface area contributed by atoms with E-state index in [1.807, 2.05) is 24.3 Å². The van der Waals surface area contributed by atoms with E-state index in [0.29, 0.717) is 18.7 Å². The number of nitrogens with zero attached hydrogens (tertiary/aromatic N) is 2.